The molecule has 2 fully saturated rings. The Morgan fingerprint density at radius 3 is 2.10 bits per heavy atom. The van der Waals surface area contributed by atoms with Crippen LogP contribution >= 0.6 is 0 Å². The topological polar surface area (TPSA) is 46.8 Å². The number of pyridine rings is 1. The molecule has 3 aromatic rings. The van der Waals surface area contributed by atoms with Crippen LogP contribution in [0.5, 0.6) is 0 Å². The van der Waals surface area contributed by atoms with E-state index < -0.39 is 0 Å². The molecule has 29 heavy (non-hydrogen) atoms. The van der Waals surface area contributed by atoms with Crippen LogP contribution in [0.3, 0.4) is 0 Å². The summed E-state index contributed by atoms with van der Waals surface area (Å²) in [4.78, 5) is 16.4. The Kier molecular flexibility index (Phi) is 6.36. The van der Waals surface area contributed by atoms with Crippen LogP contribution in [0.25, 0.3) is 17.2 Å². The number of hydrogen-bond acceptors (Lipinski definition) is 4. The molecule has 1 aliphatic heterocycles. The minimum Gasteiger partial charge on any atom is -0.355 e. The summed E-state index contributed by atoms with van der Waals surface area (Å²) < 4.78 is 2.15. The smallest absolute Gasteiger partial charge is 0.147 e. The van der Waals surface area contributed by atoms with Gasteiger partial charge in [0.15, 0.2) is 0 Å². The first-order chi connectivity index (χ1) is 13.6. The van der Waals surface area contributed by atoms with Gasteiger partial charge >= 0.3 is 0 Å². The summed E-state index contributed by atoms with van der Waals surface area (Å²) in [6, 6.07) is 10.3. The van der Waals surface area contributed by atoms with Crippen molar-refractivity contribution in [2.75, 3.05) is 18.0 Å². The third kappa shape index (κ3) is 4.34. The van der Waals surface area contributed by atoms with E-state index in [9.17, 15) is 0 Å². The van der Waals surface area contributed by atoms with E-state index in [4.69, 9.17) is 4.98 Å². The van der Waals surface area contributed by atoms with Crippen LogP contribution in [0, 0.1) is 25.7 Å². The van der Waals surface area contributed by atoms with Crippen LogP contribution in [0.4, 0.5) is 5.82 Å². The molecule has 0 spiro atoms. The monoisotopic (exact) mass is 391 g/mol. The number of aryl methyl sites for hydroxylation is 2. The van der Waals surface area contributed by atoms with Crippen molar-refractivity contribution >= 4 is 5.82 Å². The first kappa shape index (κ1) is 21.0. The third-order valence-corrected chi connectivity index (χ3v) is 5.44. The highest BCUT2D eigenvalue weighted by atomic mass is 15.2. The quantitative estimate of drug-likeness (QED) is 0.595. The van der Waals surface area contributed by atoms with Gasteiger partial charge in [0.25, 0.3) is 0 Å². The fourth-order valence-corrected chi connectivity index (χ4v) is 3.92. The van der Waals surface area contributed by atoms with Gasteiger partial charge in [0, 0.05) is 24.5 Å². The maximum absolute atomic E-state index is 4.80. The van der Waals surface area contributed by atoms with Crippen molar-refractivity contribution in [3.8, 4) is 17.2 Å². The molecular formula is C24H33N5. The Hall–Kier alpha value is -2.69. The lowest BCUT2D eigenvalue weighted by molar-refractivity contribution is 0.802. The fourth-order valence-electron chi connectivity index (χ4n) is 3.92. The molecule has 3 aromatic heterocycles. The summed E-state index contributed by atoms with van der Waals surface area (Å²) in [5.41, 5.74) is 4.03. The van der Waals surface area contributed by atoms with Gasteiger partial charge in [-0.05, 0) is 56.4 Å². The number of anilines is 1. The van der Waals surface area contributed by atoms with Crippen LogP contribution in [0.2, 0.25) is 0 Å². The molecule has 2 unspecified atom stereocenters. The summed E-state index contributed by atoms with van der Waals surface area (Å²) >= 11 is 0. The van der Waals surface area contributed by atoms with Crippen molar-refractivity contribution in [1.82, 2.24) is 19.5 Å². The van der Waals surface area contributed by atoms with Gasteiger partial charge in [-0.3, -0.25) is 0 Å². The zero-order valence-electron chi connectivity index (χ0n) is 17.3. The highest BCUT2D eigenvalue weighted by Gasteiger charge is 2.45. The van der Waals surface area contributed by atoms with Crippen LogP contribution in [0.1, 0.15) is 45.5 Å². The van der Waals surface area contributed by atoms with Gasteiger partial charge in [-0.25, -0.2) is 15.0 Å². The van der Waals surface area contributed by atoms with Crippen LogP contribution in [-0.4, -0.2) is 32.6 Å². The van der Waals surface area contributed by atoms with Gasteiger partial charge in [0.2, 0.25) is 0 Å². The van der Waals surface area contributed by atoms with Crippen molar-refractivity contribution < 1.29 is 0 Å². The molecule has 0 aromatic carbocycles. The molecule has 0 amide bonds. The lowest BCUT2D eigenvalue weighted by Crippen LogP contribution is -2.22. The highest BCUT2D eigenvalue weighted by molar-refractivity contribution is 5.56. The molecule has 2 aliphatic rings. The Balaban J connectivity index is 0.000000568. The van der Waals surface area contributed by atoms with E-state index in [0.717, 1.165) is 47.9 Å². The predicted octanol–water partition coefficient (Wildman–Crippen LogP) is 5.45. The summed E-state index contributed by atoms with van der Waals surface area (Å²) in [6.07, 6.45) is 6.39. The molecule has 2 atom stereocenters. The minimum atomic E-state index is 0. The standard InChI is InChI=1S/C20H21N5.C3H8.CH4/c1-13-6-7-14(2)25(13)19-5-3-4-17(23-19)18-9-22-20(10-21-18)24-11-15-8-16(15)12-24;1-3-2;/h3-7,9-10,15-16H,8,11-12H2,1-2H3;3H2,1-2H3;1H4. The molecule has 1 saturated heterocycles. The highest BCUT2D eigenvalue weighted by Crippen LogP contribution is 2.45. The van der Waals surface area contributed by atoms with E-state index >= 15 is 0 Å². The molecule has 1 aliphatic carbocycles. The van der Waals surface area contributed by atoms with Crippen molar-refractivity contribution in [2.24, 2.45) is 11.8 Å². The minimum absolute atomic E-state index is 0. The normalized spacial score (nSPS) is 19.1. The number of aromatic nitrogens is 4. The lowest BCUT2D eigenvalue weighted by Gasteiger charge is -2.18. The predicted molar refractivity (Wildman–Crippen MR) is 121 cm³/mol. The van der Waals surface area contributed by atoms with Gasteiger partial charge in [-0.2, -0.15) is 0 Å². The SMILES string of the molecule is C.CCC.Cc1ccc(C)n1-c1cccc(-c2cnc(N3CC4CC4C3)cn2)n1. The van der Waals surface area contributed by atoms with Crippen molar-refractivity contribution in [3.63, 3.8) is 0 Å². The maximum Gasteiger partial charge on any atom is 0.147 e. The molecule has 5 rings (SSSR count). The summed E-state index contributed by atoms with van der Waals surface area (Å²) in [5.74, 6) is 3.70. The van der Waals surface area contributed by atoms with Crippen LogP contribution in [0.15, 0.2) is 42.7 Å². The van der Waals surface area contributed by atoms with E-state index in [1.807, 2.05) is 30.6 Å². The molecular weight excluding hydrogens is 358 g/mol. The zero-order valence-corrected chi connectivity index (χ0v) is 17.3. The molecule has 5 nitrogen and oxygen atoms in total. The molecule has 1 saturated carbocycles. The Morgan fingerprint density at radius 1 is 0.862 bits per heavy atom. The molecule has 0 bridgehead atoms. The second kappa shape index (κ2) is 8.76. The first-order valence-corrected chi connectivity index (χ1v) is 10.3. The number of rotatable bonds is 3. The van der Waals surface area contributed by atoms with E-state index in [-0.39, 0.29) is 7.43 Å². The number of nitrogens with zero attached hydrogens (tertiary/aromatic N) is 5. The molecule has 4 heterocycles. The van der Waals surface area contributed by atoms with E-state index in [1.165, 1.54) is 24.2 Å². The van der Waals surface area contributed by atoms with E-state index in [0.29, 0.717) is 0 Å². The second-order valence-electron chi connectivity index (χ2n) is 7.96. The van der Waals surface area contributed by atoms with Gasteiger partial charge in [0.1, 0.15) is 17.3 Å². The summed E-state index contributed by atoms with van der Waals surface area (Å²) in [5, 5.41) is 0. The number of fused-ring (bicyclic) bond motifs is 1. The Bertz CT molecular complexity index is 915. The summed E-state index contributed by atoms with van der Waals surface area (Å²) in [6.45, 7) is 10.7. The zero-order chi connectivity index (χ0) is 19.7. The average molecular weight is 392 g/mol. The molecule has 0 N–H and O–H groups in total. The lowest BCUT2D eigenvalue weighted by atomic mass is 10.2. The van der Waals surface area contributed by atoms with Gasteiger partial charge < -0.3 is 9.47 Å². The Labute approximate surface area is 174 Å². The second-order valence-corrected chi connectivity index (χ2v) is 7.96. The fraction of sp³-hybridized carbons (Fsp3) is 0.458. The van der Waals surface area contributed by atoms with E-state index in [2.05, 4.69) is 59.3 Å². The summed E-state index contributed by atoms with van der Waals surface area (Å²) in [7, 11) is 0. The first-order valence-electron chi connectivity index (χ1n) is 10.3. The van der Waals surface area contributed by atoms with Crippen LogP contribution in [-0.2, 0) is 0 Å². The number of hydrogen-bond donors (Lipinski definition) is 0. The average Bonchev–Trinajstić information content (AvgIpc) is 3.16. The van der Waals surface area contributed by atoms with Gasteiger partial charge in [0.05, 0.1) is 18.1 Å². The van der Waals surface area contributed by atoms with Crippen molar-refractivity contribution in [1.29, 1.82) is 0 Å². The largest absolute Gasteiger partial charge is 0.355 e. The number of piperidine rings is 1. The van der Waals surface area contributed by atoms with Gasteiger partial charge in [-0.1, -0.05) is 33.8 Å². The Morgan fingerprint density at radius 2 is 1.52 bits per heavy atom. The molecule has 154 valence electrons. The van der Waals surface area contributed by atoms with E-state index in [1.54, 1.807) is 0 Å². The van der Waals surface area contributed by atoms with Crippen molar-refractivity contribution in [2.45, 2.75) is 48.0 Å². The molecule has 5 heteroatoms. The van der Waals surface area contributed by atoms with Gasteiger partial charge in [-0.15, -0.1) is 0 Å². The van der Waals surface area contributed by atoms with Crippen molar-refractivity contribution in [3.05, 3.63) is 54.1 Å². The molecule has 0 radical (unpaired) electrons. The van der Waals surface area contributed by atoms with Crippen LogP contribution < -0.4 is 4.90 Å². The maximum atomic E-state index is 4.80. The third-order valence-electron chi connectivity index (χ3n) is 5.44.